The van der Waals surface area contributed by atoms with Crippen molar-refractivity contribution < 1.29 is 43.2 Å². The Morgan fingerprint density at radius 1 is 0.714 bits per heavy atom. The number of benzene rings is 2. The van der Waals surface area contributed by atoms with Gasteiger partial charge in [-0.25, -0.2) is 14.4 Å². The van der Waals surface area contributed by atoms with Crippen LogP contribution in [0.1, 0.15) is 54.4 Å². The molecule has 0 N–H and O–H groups in total. The highest BCUT2D eigenvalue weighted by molar-refractivity contribution is 5.91. The minimum atomic E-state index is -0.860. The Bertz CT molecular complexity index is 1240. The van der Waals surface area contributed by atoms with E-state index in [1.165, 1.54) is 6.08 Å². The van der Waals surface area contributed by atoms with E-state index in [9.17, 15) is 34.6 Å². The molecule has 0 aromatic heterocycles. The Hall–Kier alpha value is -5.07. The molecule has 2 aromatic carbocycles. The van der Waals surface area contributed by atoms with Crippen LogP contribution in [0.3, 0.4) is 0 Å². The molecule has 13 heteroatoms. The van der Waals surface area contributed by atoms with Crippen LogP contribution < -0.4 is 4.74 Å². The number of ether oxygens (including phenoxy) is 4. The van der Waals surface area contributed by atoms with Crippen molar-refractivity contribution >= 4 is 35.4 Å². The van der Waals surface area contributed by atoms with Gasteiger partial charge in [0.1, 0.15) is 5.75 Å². The van der Waals surface area contributed by atoms with Gasteiger partial charge < -0.3 is 18.9 Å². The number of hydrogen-bond acceptors (Lipinski definition) is 11. The molecule has 0 aliphatic rings. The molecule has 0 bridgehead atoms. The van der Waals surface area contributed by atoms with Gasteiger partial charge in [-0.1, -0.05) is 18.7 Å². The largest absolute Gasteiger partial charge is 0.494 e. The lowest BCUT2D eigenvalue weighted by Gasteiger charge is -2.07. The van der Waals surface area contributed by atoms with E-state index in [-0.39, 0.29) is 25.4 Å². The minimum absolute atomic E-state index is 0.0753. The number of nitro groups is 2. The van der Waals surface area contributed by atoms with Gasteiger partial charge >= 0.3 is 17.9 Å². The topological polar surface area (TPSA) is 174 Å². The minimum Gasteiger partial charge on any atom is -0.494 e. The molecular weight excluding hydrogens is 552 g/mol. The lowest BCUT2D eigenvalue weighted by atomic mass is 10.1. The van der Waals surface area contributed by atoms with Crippen LogP contribution in [0.5, 0.6) is 5.75 Å². The number of unbranched alkanes of at least 4 members (excludes halogenated alkanes) is 4. The fourth-order valence-electron chi connectivity index (χ4n) is 3.42. The summed E-state index contributed by atoms with van der Waals surface area (Å²) in [4.78, 5) is 55.2. The lowest BCUT2D eigenvalue weighted by molar-refractivity contribution is -0.394. The van der Waals surface area contributed by atoms with Crippen molar-refractivity contribution in [1.82, 2.24) is 0 Å². The van der Waals surface area contributed by atoms with Gasteiger partial charge in [0, 0.05) is 24.3 Å². The summed E-state index contributed by atoms with van der Waals surface area (Å²) >= 11 is 0. The Morgan fingerprint density at radius 3 is 1.81 bits per heavy atom. The number of non-ortho nitro benzene ring substituents is 2. The molecule has 0 saturated carbocycles. The van der Waals surface area contributed by atoms with Crippen molar-refractivity contribution in [2.24, 2.45) is 0 Å². The van der Waals surface area contributed by atoms with Crippen LogP contribution in [-0.4, -0.2) is 54.2 Å². The van der Waals surface area contributed by atoms with E-state index in [0.29, 0.717) is 31.6 Å². The van der Waals surface area contributed by atoms with Crippen LogP contribution in [0.4, 0.5) is 11.4 Å². The molecule has 13 nitrogen and oxygen atoms in total. The third-order valence-corrected chi connectivity index (χ3v) is 5.59. The summed E-state index contributed by atoms with van der Waals surface area (Å²) in [5.41, 5.74) is -0.567. The molecule has 0 amide bonds. The monoisotopic (exact) mass is 584 g/mol. The van der Waals surface area contributed by atoms with Crippen molar-refractivity contribution in [3.05, 3.63) is 92.6 Å². The smallest absolute Gasteiger partial charge is 0.338 e. The molecule has 2 aromatic rings. The number of carbonyl (C=O) groups is 3. The molecule has 0 saturated heterocycles. The maximum atomic E-state index is 12.2. The zero-order valence-corrected chi connectivity index (χ0v) is 22.9. The van der Waals surface area contributed by atoms with Crippen molar-refractivity contribution in [1.29, 1.82) is 0 Å². The summed E-state index contributed by atoms with van der Waals surface area (Å²) in [6.45, 7) is 4.32. The average molecular weight is 585 g/mol. The second-order valence-electron chi connectivity index (χ2n) is 8.80. The lowest BCUT2D eigenvalue weighted by Crippen LogP contribution is -2.08. The fourth-order valence-corrected chi connectivity index (χ4v) is 3.42. The number of nitrogens with zero attached hydrogens (tertiary/aromatic N) is 2. The first-order valence-corrected chi connectivity index (χ1v) is 13.2. The highest BCUT2D eigenvalue weighted by Gasteiger charge is 2.20. The molecule has 0 radical (unpaired) electrons. The molecule has 2 rings (SSSR count). The van der Waals surface area contributed by atoms with E-state index < -0.39 is 39.1 Å². The Labute approximate surface area is 242 Å². The SMILES string of the molecule is C=CC(=O)OCCCCOC(=O)/C=C/c1ccc(OCCCCCCOC(=O)c2cc([N+](=O)[O-])cc([N+](=O)[O-])c2)cc1. The van der Waals surface area contributed by atoms with Gasteiger partial charge in [-0.3, -0.25) is 20.2 Å². The standard InChI is InChI=1S/C29H32N2O11/c1-2-27(32)40-16-7-8-17-41-28(33)14-11-22-9-12-26(13-10-22)39-15-5-3-4-6-18-42-29(34)23-19-24(30(35)36)21-25(20-23)31(37)38/h2,9-14,19-21H,1,3-8,15-18H2/b14-11+. The maximum Gasteiger partial charge on any atom is 0.338 e. The van der Waals surface area contributed by atoms with Gasteiger partial charge in [-0.15, -0.1) is 0 Å². The maximum absolute atomic E-state index is 12.2. The number of rotatable bonds is 19. The van der Waals surface area contributed by atoms with Crippen LogP contribution in [0, 0.1) is 20.2 Å². The molecule has 0 unspecified atom stereocenters. The second-order valence-corrected chi connectivity index (χ2v) is 8.80. The fraction of sp³-hybridized carbons (Fsp3) is 0.345. The van der Waals surface area contributed by atoms with Crippen LogP contribution in [0.25, 0.3) is 6.08 Å². The van der Waals surface area contributed by atoms with Gasteiger partial charge in [0.05, 0.1) is 47.9 Å². The summed E-state index contributed by atoms with van der Waals surface area (Å²) in [5, 5.41) is 21.9. The molecule has 42 heavy (non-hydrogen) atoms. The van der Waals surface area contributed by atoms with Gasteiger partial charge in [-0.05, 0) is 62.3 Å². The highest BCUT2D eigenvalue weighted by Crippen LogP contribution is 2.23. The summed E-state index contributed by atoms with van der Waals surface area (Å²) < 4.78 is 20.7. The number of hydrogen-bond donors (Lipinski definition) is 0. The molecule has 224 valence electrons. The third-order valence-electron chi connectivity index (χ3n) is 5.59. The van der Waals surface area contributed by atoms with Crippen molar-refractivity contribution in [3.63, 3.8) is 0 Å². The second kappa shape index (κ2) is 18.3. The van der Waals surface area contributed by atoms with Crippen molar-refractivity contribution in [3.8, 4) is 5.75 Å². The molecule has 0 spiro atoms. The van der Waals surface area contributed by atoms with Crippen LogP contribution in [-0.2, 0) is 23.8 Å². The predicted molar refractivity (Wildman–Crippen MR) is 151 cm³/mol. The van der Waals surface area contributed by atoms with Crippen LogP contribution in [0.2, 0.25) is 0 Å². The zero-order valence-electron chi connectivity index (χ0n) is 22.9. The van der Waals surface area contributed by atoms with E-state index in [2.05, 4.69) is 6.58 Å². The highest BCUT2D eigenvalue weighted by atomic mass is 16.6. The Kier molecular flexibility index (Phi) is 14.4. The van der Waals surface area contributed by atoms with Crippen LogP contribution in [0.15, 0.2) is 61.2 Å². The van der Waals surface area contributed by atoms with E-state index in [0.717, 1.165) is 49.1 Å². The molecule has 0 fully saturated rings. The first-order valence-electron chi connectivity index (χ1n) is 13.2. The van der Waals surface area contributed by atoms with Crippen molar-refractivity contribution in [2.45, 2.75) is 38.5 Å². The molecule has 0 aliphatic carbocycles. The average Bonchev–Trinajstić information content (AvgIpc) is 2.99. The third kappa shape index (κ3) is 12.9. The Balaban J connectivity index is 1.58. The summed E-state index contributed by atoms with van der Waals surface area (Å²) in [5.74, 6) is -1.14. The van der Waals surface area contributed by atoms with Crippen LogP contribution >= 0.6 is 0 Å². The first-order chi connectivity index (χ1) is 20.2. The predicted octanol–water partition coefficient (Wildman–Crippen LogP) is 5.37. The van der Waals surface area contributed by atoms with E-state index in [4.69, 9.17) is 18.9 Å². The molecular formula is C29H32N2O11. The van der Waals surface area contributed by atoms with E-state index >= 15 is 0 Å². The summed E-state index contributed by atoms with van der Waals surface area (Å²) in [6.07, 6.45) is 8.06. The Morgan fingerprint density at radius 2 is 1.24 bits per heavy atom. The normalized spacial score (nSPS) is 10.6. The number of carbonyl (C=O) groups excluding carboxylic acids is 3. The quantitative estimate of drug-likeness (QED) is 0.0518. The first kappa shape index (κ1) is 33.1. The number of nitro benzene ring substituents is 2. The summed E-state index contributed by atoms with van der Waals surface area (Å²) in [6, 6.07) is 9.85. The molecule has 0 aliphatic heterocycles. The number of esters is 3. The van der Waals surface area contributed by atoms with Gasteiger partial charge in [0.2, 0.25) is 0 Å². The van der Waals surface area contributed by atoms with Gasteiger partial charge in [-0.2, -0.15) is 0 Å². The molecule has 0 heterocycles. The molecule has 0 atom stereocenters. The van der Waals surface area contributed by atoms with E-state index in [1.54, 1.807) is 30.3 Å². The van der Waals surface area contributed by atoms with Gasteiger partial charge in [0.15, 0.2) is 0 Å². The van der Waals surface area contributed by atoms with Crippen molar-refractivity contribution in [2.75, 3.05) is 26.4 Å². The van der Waals surface area contributed by atoms with Gasteiger partial charge in [0.25, 0.3) is 11.4 Å². The van der Waals surface area contributed by atoms with E-state index in [1.807, 2.05) is 0 Å². The summed E-state index contributed by atoms with van der Waals surface area (Å²) in [7, 11) is 0. The zero-order chi connectivity index (χ0) is 30.7.